The Morgan fingerprint density at radius 1 is 1.10 bits per heavy atom. The molecule has 0 saturated heterocycles. The van der Waals surface area contributed by atoms with Crippen molar-refractivity contribution in [2.24, 2.45) is 0 Å². The predicted molar refractivity (Wildman–Crippen MR) is 86.8 cm³/mol. The number of carbonyl (C=O) groups excluding carboxylic acids is 1. The molecular weight excluding hydrogens is 309 g/mol. The number of rotatable bonds is 2. The fourth-order valence-electron chi connectivity index (χ4n) is 1.95. The van der Waals surface area contributed by atoms with Crippen molar-refractivity contribution >= 4 is 35.0 Å². The number of aryl methyl sites for hydroxylation is 2. The highest BCUT2D eigenvalue weighted by Crippen LogP contribution is 2.27. The summed E-state index contributed by atoms with van der Waals surface area (Å²) in [4.78, 5) is 11.9. The molecule has 0 aliphatic carbocycles. The minimum absolute atomic E-state index is 0.451. The Morgan fingerprint density at radius 2 is 1.71 bits per heavy atom. The first-order chi connectivity index (χ1) is 9.88. The second kappa shape index (κ2) is 6.37. The van der Waals surface area contributed by atoms with Crippen LogP contribution in [0.4, 0.5) is 10.5 Å². The van der Waals surface area contributed by atoms with E-state index < -0.39 is 6.09 Å². The van der Waals surface area contributed by atoms with E-state index in [1.807, 2.05) is 20.8 Å². The normalized spacial score (nSPS) is 10.3. The lowest BCUT2D eigenvalue weighted by Crippen LogP contribution is -2.17. The first-order valence-corrected chi connectivity index (χ1v) is 7.14. The van der Waals surface area contributed by atoms with Crippen LogP contribution >= 0.6 is 23.2 Å². The highest BCUT2D eigenvalue weighted by Gasteiger charge is 2.10. The average molecular weight is 324 g/mol. The number of hydrogen-bond acceptors (Lipinski definition) is 2. The van der Waals surface area contributed by atoms with E-state index in [2.05, 4.69) is 5.32 Å². The van der Waals surface area contributed by atoms with Crippen molar-refractivity contribution in [1.82, 2.24) is 0 Å². The molecule has 0 aliphatic rings. The molecule has 0 aromatic heterocycles. The third kappa shape index (κ3) is 3.69. The Balaban J connectivity index is 2.14. The van der Waals surface area contributed by atoms with E-state index in [9.17, 15) is 4.79 Å². The Labute approximate surface area is 133 Å². The molecule has 1 amide bonds. The van der Waals surface area contributed by atoms with Crippen molar-refractivity contribution in [2.45, 2.75) is 20.8 Å². The fraction of sp³-hybridized carbons (Fsp3) is 0.188. The van der Waals surface area contributed by atoms with Gasteiger partial charge in [0, 0.05) is 15.7 Å². The van der Waals surface area contributed by atoms with E-state index in [1.165, 1.54) is 0 Å². The van der Waals surface area contributed by atoms with Gasteiger partial charge in [-0.15, -0.1) is 0 Å². The molecule has 21 heavy (non-hydrogen) atoms. The number of benzene rings is 2. The molecule has 0 spiro atoms. The lowest BCUT2D eigenvalue weighted by molar-refractivity contribution is 0.215. The summed E-state index contributed by atoms with van der Waals surface area (Å²) in [5.41, 5.74) is 3.13. The number of amides is 1. The summed E-state index contributed by atoms with van der Waals surface area (Å²) in [7, 11) is 0. The van der Waals surface area contributed by atoms with Gasteiger partial charge in [-0.05, 0) is 61.7 Å². The molecule has 2 aromatic rings. The van der Waals surface area contributed by atoms with E-state index in [0.29, 0.717) is 21.5 Å². The van der Waals surface area contributed by atoms with Crippen molar-refractivity contribution in [3.05, 3.63) is 57.1 Å². The topological polar surface area (TPSA) is 38.3 Å². The lowest BCUT2D eigenvalue weighted by Gasteiger charge is -2.11. The molecule has 0 radical (unpaired) electrons. The van der Waals surface area contributed by atoms with Crippen LogP contribution in [-0.4, -0.2) is 6.09 Å². The van der Waals surface area contributed by atoms with Gasteiger partial charge in [0.25, 0.3) is 0 Å². The summed E-state index contributed by atoms with van der Waals surface area (Å²) in [5.74, 6) is 0.451. The molecule has 0 fully saturated rings. The second-order valence-electron chi connectivity index (χ2n) is 4.80. The zero-order chi connectivity index (χ0) is 15.6. The molecule has 2 aromatic carbocycles. The van der Waals surface area contributed by atoms with Gasteiger partial charge in [-0.25, -0.2) is 4.79 Å². The molecule has 2 rings (SSSR count). The molecule has 3 nitrogen and oxygen atoms in total. The predicted octanol–water partition coefficient (Wildman–Crippen LogP) is 5.53. The molecular formula is C16H15Cl2NO2. The van der Waals surface area contributed by atoms with E-state index >= 15 is 0 Å². The fourth-order valence-corrected chi connectivity index (χ4v) is 2.23. The quantitative estimate of drug-likeness (QED) is 0.789. The second-order valence-corrected chi connectivity index (χ2v) is 5.58. The number of hydrogen-bond donors (Lipinski definition) is 1. The summed E-state index contributed by atoms with van der Waals surface area (Å²) in [6, 6.07) is 8.74. The molecule has 110 valence electrons. The molecule has 1 N–H and O–H groups in total. The SMILES string of the molecule is Cc1cc(OC(=O)Nc2cccc(Cl)c2C)cc(C)c1Cl. The summed E-state index contributed by atoms with van der Waals surface area (Å²) in [6.07, 6.45) is -0.568. The van der Waals surface area contributed by atoms with Gasteiger partial charge >= 0.3 is 6.09 Å². The van der Waals surface area contributed by atoms with Crippen molar-refractivity contribution in [3.63, 3.8) is 0 Å². The Hall–Kier alpha value is -1.71. The number of anilines is 1. The van der Waals surface area contributed by atoms with Crippen molar-refractivity contribution in [3.8, 4) is 5.75 Å². The number of nitrogens with one attached hydrogen (secondary N) is 1. The monoisotopic (exact) mass is 323 g/mol. The maximum atomic E-state index is 11.9. The summed E-state index contributed by atoms with van der Waals surface area (Å²) >= 11 is 12.1. The van der Waals surface area contributed by atoms with Crippen molar-refractivity contribution in [2.75, 3.05) is 5.32 Å². The van der Waals surface area contributed by atoms with Gasteiger partial charge in [-0.2, -0.15) is 0 Å². The highest BCUT2D eigenvalue weighted by atomic mass is 35.5. The van der Waals surface area contributed by atoms with E-state index in [4.69, 9.17) is 27.9 Å². The molecule has 0 aliphatic heterocycles. The van der Waals surface area contributed by atoms with Crippen LogP contribution in [0.1, 0.15) is 16.7 Å². The Bertz CT molecular complexity index is 676. The first-order valence-electron chi connectivity index (χ1n) is 6.39. The molecule has 5 heteroatoms. The minimum atomic E-state index is -0.568. The Kier molecular flexibility index (Phi) is 4.76. The number of ether oxygens (including phenoxy) is 1. The van der Waals surface area contributed by atoms with Crippen molar-refractivity contribution in [1.29, 1.82) is 0 Å². The van der Waals surface area contributed by atoms with Gasteiger partial charge in [-0.3, -0.25) is 5.32 Å². The number of carbonyl (C=O) groups is 1. The third-order valence-electron chi connectivity index (χ3n) is 3.12. The summed E-state index contributed by atoms with van der Waals surface area (Å²) in [6.45, 7) is 5.55. The third-order valence-corrected chi connectivity index (χ3v) is 4.13. The van der Waals surface area contributed by atoms with Gasteiger partial charge in [-0.1, -0.05) is 29.3 Å². The molecule has 0 atom stereocenters. The summed E-state index contributed by atoms with van der Waals surface area (Å²) in [5, 5.41) is 3.94. The Morgan fingerprint density at radius 3 is 2.33 bits per heavy atom. The molecule has 0 bridgehead atoms. The lowest BCUT2D eigenvalue weighted by atomic mass is 10.1. The highest BCUT2D eigenvalue weighted by molar-refractivity contribution is 6.32. The van der Waals surface area contributed by atoms with Crippen molar-refractivity contribution < 1.29 is 9.53 Å². The largest absolute Gasteiger partial charge is 0.417 e. The van der Waals surface area contributed by atoms with Gasteiger partial charge in [0.1, 0.15) is 5.75 Å². The van der Waals surface area contributed by atoms with E-state index in [-0.39, 0.29) is 0 Å². The average Bonchev–Trinajstić information content (AvgIpc) is 2.41. The van der Waals surface area contributed by atoms with Crippen LogP contribution in [0.2, 0.25) is 10.0 Å². The van der Waals surface area contributed by atoms with Gasteiger partial charge in [0.15, 0.2) is 0 Å². The van der Waals surface area contributed by atoms with Crippen LogP contribution in [0.5, 0.6) is 5.75 Å². The van der Waals surface area contributed by atoms with Crippen LogP contribution in [-0.2, 0) is 0 Å². The van der Waals surface area contributed by atoms with E-state index in [1.54, 1.807) is 30.3 Å². The molecule has 0 heterocycles. The zero-order valence-corrected chi connectivity index (χ0v) is 13.5. The van der Waals surface area contributed by atoms with Gasteiger partial charge in [0.2, 0.25) is 0 Å². The van der Waals surface area contributed by atoms with Gasteiger partial charge in [0.05, 0.1) is 0 Å². The maximum absolute atomic E-state index is 11.9. The van der Waals surface area contributed by atoms with Crippen LogP contribution in [0.15, 0.2) is 30.3 Å². The van der Waals surface area contributed by atoms with Crippen LogP contribution in [0.25, 0.3) is 0 Å². The van der Waals surface area contributed by atoms with Crippen LogP contribution in [0.3, 0.4) is 0 Å². The maximum Gasteiger partial charge on any atom is 0.417 e. The standard InChI is InChI=1S/C16H15Cl2NO2/c1-9-7-12(8-10(2)15(9)18)21-16(20)19-14-6-4-5-13(17)11(14)3/h4-8H,1-3H3,(H,19,20). The smallest absolute Gasteiger partial charge is 0.410 e. The summed E-state index contributed by atoms with van der Waals surface area (Å²) < 4.78 is 5.28. The first kappa shape index (κ1) is 15.7. The van der Waals surface area contributed by atoms with E-state index in [0.717, 1.165) is 16.7 Å². The molecule has 0 unspecified atom stereocenters. The zero-order valence-electron chi connectivity index (χ0n) is 12.0. The van der Waals surface area contributed by atoms with Crippen LogP contribution < -0.4 is 10.1 Å². The number of halogens is 2. The van der Waals surface area contributed by atoms with Crippen LogP contribution in [0, 0.1) is 20.8 Å². The van der Waals surface area contributed by atoms with Gasteiger partial charge < -0.3 is 4.74 Å². The molecule has 0 saturated carbocycles. The minimum Gasteiger partial charge on any atom is -0.410 e.